The molecule has 4 atom stereocenters. The van der Waals surface area contributed by atoms with E-state index in [0.29, 0.717) is 0 Å². The second kappa shape index (κ2) is 6.56. The van der Waals surface area contributed by atoms with E-state index in [-0.39, 0.29) is 23.0 Å². The lowest BCUT2D eigenvalue weighted by atomic mass is 10.1. The molecule has 0 unspecified atom stereocenters. The first-order chi connectivity index (χ1) is 12.0. The molecule has 3 N–H and O–H groups in total. The van der Waals surface area contributed by atoms with Crippen molar-refractivity contribution in [2.75, 3.05) is 5.32 Å². The Morgan fingerprint density at radius 3 is 2.42 bits per heavy atom. The van der Waals surface area contributed by atoms with Crippen LogP contribution in [0, 0.1) is 0 Å². The lowest BCUT2D eigenvalue weighted by molar-refractivity contribution is -0.137. The predicted molar refractivity (Wildman–Crippen MR) is 90.1 cm³/mol. The van der Waals surface area contributed by atoms with E-state index in [0.717, 1.165) is 12.1 Å². The number of aliphatic hydroxyl groups is 2. The number of imidazole rings is 1. The first-order valence-electron chi connectivity index (χ1n) is 8.07. The summed E-state index contributed by atoms with van der Waals surface area (Å²) in [6, 6.07) is 1.92. The number of hydrogen-bond donors (Lipinski definition) is 3. The van der Waals surface area contributed by atoms with Gasteiger partial charge in [-0.2, -0.15) is 13.2 Å². The van der Waals surface area contributed by atoms with Crippen molar-refractivity contribution in [3.63, 3.8) is 0 Å². The average Bonchev–Trinajstić information content (AvgIpc) is 2.96. The number of aliphatic hydroxyl groups excluding tert-OH is 2. The number of alkyl halides is 3. The summed E-state index contributed by atoms with van der Waals surface area (Å²) in [5.41, 5.74) is -0.681. The smallest absolute Gasteiger partial charge is 0.388 e. The van der Waals surface area contributed by atoms with Gasteiger partial charge in [-0.05, 0) is 32.9 Å². The van der Waals surface area contributed by atoms with Gasteiger partial charge >= 0.3 is 6.18 Å². The number of ether oxygens (including phenoxy) is 1. The van der Waals surface area contributed by atoms with Crippen molar-refractivity contribution in [3.8, 4) is 0 Å². The summed E-state index contributed by atoms with van der Waals surface area (Å²) >= 11 is 5.84. The van der Waals surface area contributed by atoms with Gasteiger partial charge < -0.3 is 20.3 Å². The molecule has 0 radical (unpaired) electrons. The SMILES string of the molecule is CC(C)Nc1nc2cc(C(F)(F)F)c(Cl)cc2n1[C@@H]1O[C@H](C)[C@@H](O)[C@H]1O. The first kappa shape index (κ1) is 19.2. The third-order valence-electron chi connectivity index (χ3n) is 4.23. The van der Waals surface area contributed by atoms with Crippen LogP contribution >= 0.6 is 11.6 Å². The molecular weight excluding hydrogens is 375 g/mol. The van der Waals surface area contributed by atoms with Crippen LogP contribution in [0.1, 0.15) is 32.6 Å². The summed E-state index contributed by atoms with van der Waals surface area (Å²) in [6.45, 7) is 5.26. The highest BCUT2D eigenvalue weighted by molar-refractivity contribution is 6.32. The maximum absolute atomic E-state index is 13.1. The van der Waals surface area contributed by atoms with Gasteiger partial charge in [0.1, 0.15) is 12.2 Å². The van der Waals surface area contributed by atoms with Crippen LogP contribution in [0.3, 0.4) is 0 Å². The van der Waals surface area contributed by atoms with Gasteiger partial charge in [0, 0.05) is 6.04 Å². The molecular formula is C16H19ClF3N3O3. The topological polar surface area (TPSA) is 79.5 Å². The quantitative estimate of drug-likeness (QED) is 0.746. The minimum Gasteiger partial charge on any atom is -0.388 e. The standard InChI is InChI=1S/C16H19ClF3N3O3/c1-6(2)21-15-22-10-4-8(16(18,19)20)9(17)5-11(10)23(15)14-13(25)12(24)7(3)26-14/h4-7,12-14,24-25H,1-3H3,(H,21,22)/t7-,12-,13-,14-/m1/s1. The lowest BCUT2D eigenvalue weighted by Gasteiger charge is -2.21. The Hall–Kier alpha value is -1.55. The monoisotopic (exact) mass is 393 g/mol. The molecule has 0 saturated carbocycles. The van der Waals surface area contributed by atoms with E-state index in [4.69, 9.17) is 16.3 Å². The zero-order valence-electron chi connectivity index (χ0n) is 14.3. The van der Waals surface area contributed by atoms with Crippen molar-refractivity contribution in [2.45, 2.75) is 57.5 Å². The average molecular weight is 394 g/mol. The predicted octanol–water partition coefficient (Wildman–Crippen LogP) is 3.17. The molecule has 3 rings (SSSR count). The van der Waals surface area contributed by atoms with E-state index in [1.165, 1.54) is 4.57 Å². The van der Waals surface area contributed by atoms with Crippen LogP contribution in [-0.2, 0) is 10.9 Å². The third-order valence-corrected chi connectivity index (χ3v) is 4.55. The number of nitrogens with one attached hydrogen (secondary N) is 1. The third kappa shape index (κ3) is 3.24. The highest BCUT2D eigenvalue weighted by atomic mass is 35.5. The molecule has 0 spiro atoms. The number of anilines is 1. The Labute approximate surface area is 152 Å². The van der Waals surface area contributed by atoms with Gasteiger partial charge in [0.05, 0.1) is 27.7 Å². The van der Waals surface area contributed by atoms with E-state index in [2.05, 4.69) is 10.3 Å². The molecule has 1 aromatic carbocycles. The zero-order valence-corrected chi connectivity index (χ0v) is 15.0. The second-order valence-corrected chi connectivity index (χ2v) is 7.04. The molecule has 0 aliphatic carbocycles. The van der Waals surface area contributed by atoms with Gasteiger partial charge in [-0.15, -0.1) is 0 Å². The molecule has 10 heteroatoms. The number of fused-ring (bicyclic) bond motifs is 1. The number of hydrogen-bond acceptors (Lipinski definition) is 5. The molecule has 2 heterocycles. The molecule has 1 aliphatic heterocycles. The van der Waals surface area contributed by atoms with Crippen molar-refractivity contribution >= 4 is 28.6 Å². The Morgan fingerprint density at radius 2 is 1.92 bits per heavy atom. The molecule has 1 saturated heterocycles. The number of halogens is 4. The molecule has 2 aromatic rings. The maximum Gasteiger partial charge on any atom is 0.417 e. The Balaban J connectivity index is 2.21. The van der Waals surface area contributed by atoms with E-state index in [9.17, 15) is 23.4 Å². The van der Waals surface area contributed by atoms with Gasteiger partial charge in [0.25, 0.3) is 0 Å². The highest BCUT2D eigenvalue weighted by Gasteiger charge is 2.43. The van der Waals surface area contributed by atoms with Crippen LogP contribution in [0.25, 0.3) is 11.0 Å². The van der Waals surface area contributed by atoms with Crippen LogP contribution in [0.4, 0.5) is 19.1 Å². The van der Waals surface area contributed by atoms with Crippen LogP contribution < -0.4 is 5.32 Å². The maximum atomic E-state index is 13.1. The van der Waals surface area contributed by atoms with Crippen LogP contribution in [0.15, 0.2) is 12.1 Å². The molecule has 6 nitrogen and oxygen atoms in total. The van der Waals surface area contributed by atoms with Gasteiger partial charge in [-0.3, -0.25) is 4.57 Å². The minimum atomic E-state index is -4.62. The molecule has 1 aromatic heterocycles. The minimum absolute atomic E-state index is 0.0507. The van der Waals surface area contributed by atoms with Crippen molar-refractivity contribution in [2.24, 2.45) is 0 Å². The molecule has 144 valence electrons. The van der Waals surface area contributed by atoms with Gasteiger partial charge in [0.15, 0.2) is 6.23 Å². The van der Waals surface area contributed by atoms with Crippen LogP contribution in [0.2, 0.25) is 5.02 Å². The second-order valence-electron chi connectivity index (χ2n) is 6.64. The number of nitrogens with zero attached hydrogens (tertiary/aromatic N) is 2. The first-order valence-corrected chi connectivity index (χ1v) is 8.45. The summed E-state index contributed by atoms with van der Waals surface area (Å²) in [4.78, 5) is 4.22. The van der Waals surface area contributed by atoms with Gasteiger partial charge in [-0.25, -0.2) is 4.98 Å². The Kier molecular flexibility index (Phi) is 4.85. The molecule has 1 aliphatic rings. The highest BCUT2D eigenvalue weighted by Crippen LogP contribution is 2.40. The summed E-state index contributed by atoms with van der Waals surface area (Å²) in [5.74, 6) is 0.218. The molecule has 0 amide bonds. The Bertz CT molecular complexity index is 824. The van der Waals surface area contributed by atoms with Crippen molar-refractivity contribution < 1.29 is 28.1 Å². The summed E-state index contributed by atoms with van der Waals surface area (Å²) in [6.07, 6.45) is -8.68. The Morgan fingerprint density at radius 1 is 1.27 bits per heavy atom. The normalized spacial score (nSPS) is 26.8. The van der Waals surface area contributed by atoms with Crippen molar-refractivity contribution in [1.29, 1.82) is 0 Å². The van der Waals surface area contributed by atoms with Crippen molar-refractivity contribution in [3.05, 3.63) is 22.7 Å². The zero-order chi connectivity index (χ0) is 19.4. The van der Waals surface area contributed by atoms with E-state index in [1.54, 1.807) is 6.92 Å². The largest absolute Gasteiger partial charge is 0.417 e. The van der Waals surface area contributed by atoms with Crippen molar-refractivity contribution in [1.82, 2.24) is 9.55 Å². The van der Waals surface area contributed by atoms with Gasteiger partial charge in [-0.1, -0.05) is 11.6 Å². The summed E-state index contributed by atoms with van der Waals surface area (Å²) in [7, 11) is 0. The molecule has 0 bridgehead atoms. The fraction of sp³-hybridized carbons (Fsp3) is 0.562. The van der Waals surface area contributed by atoms with Gasteiger partial charge in [0.2, 0.25) is 5.95 Å². The summed E-state index contributed by atoms with van der Waals surface area (Å²) < 4.78 is 46.4. The van der Waals surface area contributed by atoms with Crippen LogP contribution in [0.5, 0.6) is 0 Å². The summed E-state index contributed by atoms with van der Waals surface area (Å²) in [5, 5.41) is 22.8. The fourth-order valence-corrected chi connectivity index (χ4v) is 3.26. The van der Waals surface area contributed by atoms with Crippen LogP contribution in [-0.4, -0.2) is 44.1 Å². The molecule has 26 heavy (non-hydrogen) atoms. The number of aromatic nitrogens is 2. The molecule has 1 fully saturated rings. The lowest BCUT2D eigenvalue weighted by Crippen LogP contribution is -2.31. The number of rotatable bonds is 3. The number of benzene rings is 1. The van der Waals surface area contributed by atoms with E-state index in [1.807, 2.05) is 13.8 Å². The van der Waals surface area contributed by atoms with E-state index < -0.39 is 41.3 Å². The fourth-order valence-electron chi connectivity index (χ4n) is 2.99. The van der Waals surface area contributed by atoms with E-state index >= 15 is 0 Å².